The fourth-order valence-corrected chi connectivity index (χ4v) is 10.4. The van der Waals surface area contributed by atoms with E-state index in [1.165, 1.54) is 17.4 Å². The molecule has 20 nitrogen and oxygen atoms in total. The Bertz CT molecular complexity index is 4820. The predicted octanol–water partition coefficient (Wildman–Crippen LogP) is 12.9. The number of thiazole rings is 1. The van der Waals surface area contributed by atoms with Gasteiger partial charge in [-0.15, -0.1) is 11.3 Å². The van der Waals surface area contributed by atoms with Gasteiger partial charge in [0, 0.05) is 27.3 Å². The number of ether oxygens (including phenoxy) is 4. The molecule has 0 bridgehead atoms. The van der Waals surface area contributed by atoms with Crippen molar-refractivity contribution in [2.45, 2.75) is 27.7 Å². The zero-order valence-electron chi connectivity index (χ0n) is 56.3. The first-order chi connectivity index (χ1) is 48.0. The molecule has 11 rings (SSSR count). The molecule has 0 atom stereocenters. The van der Waals surface area contributed by atoms with Crippen LogP contribution in [0.4, 0.5) is 27.9 Å². The average Bonchev–Trinajstić information content (AvgIpc) is 1.76. The molecule has 8 aromatic carbocycles. The Morgan fingerprint density at radius 2 is 1.07 bits per heavy atom. The molecule has 3 heterocycles. The number of methoxy groups -OCH3 is 4. The second-order valence-electron chi connectivity index (χ2n) is 20.4. The summed E-state index contributed by atoms with van der Waals surface area (Å²) in [6.07, 6.45) is 0. The molecule has 2 amide bonds. The van der Waals surface area contributed by atoms with Crippen molar-refractivity contribution in [3.05, 3.63) is 257 Å². The van der Waals surface area contributed by atoms with E-state index >= 15 is 0 Å². The number of isothiocyanates is 1. The van der Waals surface area contributed by atoms with Crippen LogP contribution in [0, 0.1) is 27.7 Å². The number of nitrogen functional groups attached to an aromatic ring is 1. The van der Waals surface area contributed by atoms with Crippen LogP contribution < -0.4 is 97.6 Å². The van der Waals surface area contributed by atoms with Gasteiger partial charge in [0.1, 0.15) is 28.6 Å². The molecule has 8 N–H and O–H groups in total. The summed E-state index contributed by atoms with van der Waals surface area (Å²) in [7, 11) is 7.17. The third-order valence-corrected chi connectivity index (χ3v) is 15.5. The largest absolute Gasteiger partial charge is 1.00 e. The first-order valence-electron chi connectivity index (χ1n) is 29.4. The van der Waals surface area contributed by atoms with Gasteiger partial charge in [-0.2, -0.15) is 12.1 Å². The zero-order chi connectivity index (χ0) is 73.4. The maximum absolute atomic E-state index is 12.4. The van der Waals surface area contributed by atoms with Crippen molar-refractivity contribution in [3.63, 3.8) is 0 Å². The Morgan fingerprint density at radius 3 is 1.55 bits per heavy atom. The van der Waals surface area contributed by atoms with E-state index in [1.807, 2.05) is 135 Å². The van der Waals surface area contributed by atoms with Crippen molar-refractivity contribution in [2.24, 2.45) is 10.7 Å². The second kappa shape index (κ2) is 43.5. The van der Waals surface area contributed by atoms with E-state index in [-0.39, 0.29) is 68.3 Å². The predicted molar refractivity (Wildman–Crippen MR) is 415 cm³/mol. The average molecular weight is 1550 g/mol. The molecule has 0 fully saturated rings. The van der Waals surface area contributed by atoms with Crippen molar-refractivity contribution >= 4 is 170 Å². The molecule has 0 aliphatic heterocycles. The minimum absolute atomic E-state index is 0. The molecular formula is C73H68BrCl2N8NaO12S4. The molecule has 11 aromatic rings. The number of benzene rings is 8. The van der Waals surface area contributed by atoms with Crippen LogP contribution in [-0.4, -0.2) is 78.8 Å². The standard InChI is InChI=1S/C20H15ClN2O3S.C16H16N2O2S.C11H6BrClO3.C9H12N2OS.C8H5NOS.C8H11NO.CH3O.Na/c1-11-6-7-17(25-2)15(8-11)22-20-23-16(10-27-20)13-9-12-4-3-5-14(21)18(12)26-19(13)24;1-11-8-9-14(20-2)13(10-11)17-16(21)18-15(19)12-6-4-3-5-7-12;12-5-9(14)7-4-6-2-1-3-8(13)10(6)16-11(7)15;1-6-3-4-8(12-2)7(5-6)11-9(10)13;10-8(9-6-11)7-4-2-1-3-5-7;1-6-3-4-8(10-2)7(9)5-6;1-2;/h3-10H,1-2H3,(H,22,23);3-10H,1-2H3,(H2,17,18,19,21);1-4H,5H2;3-5H,1-2H3,(H3,10,11,13);1-5H;3-5H,9H2,1-2H3;1H3;/q;;;;;;-1;+1. The Labute approximate surface area is 643 Å². The number of nitrogens with zero attached hydrogens (tertiary/aromatic N) is 2. The summed E-state index contributed by atoms with van der Waals surface area (Å²) in [5.74, 6) is 1.95. The molecule has 0 unspecified atom stereocenters. The number of carbonyl (C=O) groups is 3. The number of aliphatic imine (C=N–C) groups is 1. The van der Waals surface area contributed by atoms with Crippen LogP contribution >= 0.6 is 87.1 Å². The number of aromatic nitrogens is 1. The first-order valence-corrected chi connectivity index (χ1v) is 33.4. The van der Waals surface area contributed by atoms with Crippen LogP contribution in [0.15, 0.2) is 211 Å². The number of nitrogens with two attached hydrogens (primary N) is 2. The number of alkyl halides is 1. The Balaban J connectivity index is 0.000000264. The molecule has 0 aliphatic rings. The van der Waals surface area contributed by atoms with Gasteiger partial charge in [0.2, 0.25) is 0 Å². The van der Waals surface area contributed by atoms with Crippen molar-refractivity contribution in [3.8, 4) is 34.3 Å². The quantitative estimate of drug-likeness (QED) is 0.0119. The molecule has 0 radical (unpaired) electrons. The number of anilines is 5. The van der Waals surface area contributed by atoms with Gasteiger partial charge in [-0.3, -0.25) is 19.7 Å². The smallest absolute Gasteiger partial charge is 0.857 e. The fourth-order valence-electron chi connectivity index (χ4n) is 8.58. The molecule has 101 heavy (non-hydrogen) atoms. The van der Waals surface area contributed by atoms with E-state index in [0.29, 0.717) is 65.6 Å². The van der Waals surface area contributed by atoms with Gasteiger partial charge < -0.3 is 60.3 Å². The van der Waals surface area contributed by atoms with Crippen molar-refractivity contribution < 1.29 is 76.8 Å². The molecule has 28 heteroatoms. The summed E-state index contributed by atoms with van der Waals surface area (Å²) in [6.45, 7) is 7.96. The second-order valence-corrected chi connectivity index (χ2v) is 23.7. The number of rotatable bonds is 13. The number of Topliss-reactive ketones (excluding diaryl/α,β-unsaturated/α-hetero) is 1. The number of nitrogens with one attached hydrogen (secondary N) is 4. The Morgan fingerprint density at radius 1 is 0.614 bits per heavy atom. The number of aryl methyl sites for hydroxylation is 4. The van der Waals surface area contributed by atoms with E-state index in [0.717, 1.165) is 69.1 Å². The summed E-state index contributed by atoms with van der Waals surface area (Å²) in [5, 5.41) is 27.2. The van der Waals surface area contributed by atoms with Gasteiger partial charge in [0.15, 0.2) is 32.3 Å². The normalized spacial score (nSPS) is 9.75. The fraction of sp³-hybridized carbons (Fsp3) is 0.137. The van der Waals surface area contributed by atoms with Crippen LogP contribution in [-0.2, 0) is 0 Å². The number of halogens is 3. The van der Waals surface area contributed by atoms with E-state index in [9.17, 15) is 24.0 Å². The van der Waals surface area contributed by atoms with Crippen molar-refractivity contribution in [1.29, 1.82) is 0 Å². The maximum atomic E-state index is 12.4. The van der Waals surface area contributed by atoms with Gasteiger partial charge in [0.05, 0.1) is 83.0 Å². The third-order valence-electron chi connectivity index (χ3n) is 13.3. The number of ketones is 1. The van der Waals surface area contributed by atoms with E-state index in [2.05, 4.69) is 59.4 Å². The minimum atomic E-state index is -0.662. The van der Waals surface area contributed by atoms with E-state index < -0.39 is 11.3 Å². The molecule has 0 spiro atoms. The molecule has 0 saturated carbocycles. The summed E-state index contributed by atoms with van der Waals surface area (Å²) >= 11 is 30.6. The summed E-state index contributed by atoms with van der Waals surface area (Å²) in [5.41, 5.74) is 20.1. The van der Waals surface area contributed by atoms with Crippen LogP contribution in [0.5, 0.6) is 23.0 Å². The summed E-state index contributed by atoms with van der Waals surface area (Å²) in [4.78, 5) is 66.1. The number of para-hydroxylation sites is 2. The number of hydrogen-bond donors (Lipinski definition) is 6. The summed E-state index contributed by atoms with van der Waals surface area (Å²) in [6, 6.07) is 54.3. The minimum Gasteiger partial charge on any atom is -0.857 e. The van der Waals surface area contributed by atoms with Gasteiger partial charge in [0.25, 0.3) is 11.8 Å². The van der Waals surface area contributed by atoms with Gasteiger partial charge in [-0.1, -0.05) is 124 Å². The van der Waals surface area contributed by atoms with Crippen molar-refractivity contribution in [1.82, 2.24) is 10.3 Å². The van der Waals surface area contributed by atoms with Crippen LogP contribution in [0.2, 0.25) is 10.0 Å². The van der Waals surface area contributed by atoms with Crippen molar-refractivity contribution in [2.75, 3.05) is 62.6 Å². The Hall–Kier alpha value is -9.18. The molecular weight excluding hydrogens is 1480 g/mol. The van der Waals surface area contributed by atoms with Crippen LogP contribution in [0.3, 0.4) is 0 Å². The van der Waals surface area contributed by atoms with Gasteiger partial charge in [-0.05, 0) is 184 Å². The SMILES string of the molecule is COc1ccc(C)cc1N.COc1ccc(C)cc1NC(=S)NC(=O)c1ccccc1.COc1ccc(C)cc1NC(N)=S.COc1ccc(C)cc1Nc1nc(-c2cc3cccc(Cl)c3oc2=O)cs1.C[O-].O=C(CBr)c1cc2cccc(Cl)c2oc1=O.O=C(N=C=S)c1ccccc1.[Na+]. The number of hydrogen-bond acceptors (Lipinski definition) is 19. The number of carbonyl (C=O) groups excluding carboxylic acids is 3. The summed E-state index contributed by atoms with van der Waals surface area (Å²) < 4.78 is 31.1. The van der Waals surface area contributed by atoms with E-state index in [1.54, 1.807) is 107 Å². The van der Waals surface area contributed by atoms with Crippen LogP contribution in [0.25, 0.3) is 33.2 Å². The molecule has 0 saturated heterocycles. The molecule has 0 aliphatic carbocycles. The van der Waals surface area contributed by atoms with Crippen LogP contribution in [0.1, 0.15) is 53.3 Å². The first kappa shape index (κ1) is 84.2. The van der Waals surface area contributed by atoms with E-state index in [4.69, 9.17) is 92.0 Å². The van der Waals surface area contributed by atoms with Gasteiger partial charge >= 0.3 is 40.8 Å². The molecule has 3 aromatic heterocycles. The maximum Gasteiger partial charge on any atom is 1.00 e. The molecule has 518 valence electrons. The monoisotopic (exact) mass is 1550 g/mol. The number of thiocarbonyl (C=S) groups is 3. The number of fused-ring (bicyclic) bond motifs is 2. The third kappa shape index (κ3) is 26.4. The topological polar surface area (TPSA) is 297 Å². The Kier molecular flexibility index (Phi) is 36.3. The zero-order valence-corrected chi connectivity index (χ0v) is 64.7. The number of amides is 2. The van der Waals surface area contributed by atoms with Gasteiger partial charge in [-0.25, -0.2) is 14.6 Å².